The zero-order chi connectivity index (χ0) is 19.0. The summed E-state index contributed by atoms with van der Waals surface area (Å²) in [6.45, 7) is 10.3. The number of piperidine rings is 1. The highest BCUT2D eigenvalue weighted by Crippen LogP contribution is 2.33. The SMILES string of the molecule is CC(C)(C)C1CN([C@H]2CCCN(C[C@H]3COc4ccccc4O3)C2)C(=O)O1. The second kappa shape index (κ2) is 7.23. The van der Waals surface area contributed by atoms with Gasteiger partial charge in [0, 0.05) is 24.5 Å². The molecule has 1 aromatic rings. The summed E-state index contributed by atoms with van der Waals surface area (Å²) in [5.74, 6) is 1.64. The Morgan fingerprint density at radius 2 is 1.89 bits per heavy atom. The van der Waals surface area contributed by atoms with Crippen molar-refractivity contribution in [3.8, 4) is 11.5 Å². The van der Waals surface area contributed by atoms with E-state index in [1.807, 2.05) is 29.2 Å². The summed E-state index contributed by atoms with van der Waals surface area (Å²) in [4.78, 5) is 16.7. The average Bonchev–Trinajstić information content (AvgIpc) is 3.04. The molecule has 3 aliphatic heterocycles. The van der Waals surface area contributed by atoms with Gasteiger partial charge in [0.1, 0.15) is 18.8 Å². The minimum Gasteiger partial charge on any atom is -0.486 e. The number of ether oxygens (including phenoxy) is 3. The van der Waals surface area contributed by atoms with Gasteiger partial charge in [0.25, 0.3) is 0 Å². The van der Waals surface area contributed by atoms with Gasteiger partial charge in [-0.05, 0) is 31.5 Å². The molecule has 6 nitrogen and oxygen atoms in total. The molecule has 4 rings (SSSR count). The van der Waals surface area contributed by atoms with Crippen molar-refractivity contribution in [1.29, 1.82) is 0 Å². The first-order valence-corrected chi connectivity index (χ1v) is 9.98. The van der Waals surface area contributed by atoms with E-state index in [4.69, 9.17) is 14.2 Å². The van der Waals surface area contributed by atoms with Crippen molar-refractivity contribution in [2.45, 2.75) is 51.9 Å². The number of carbonyl (C=O) groups is 1. The van der Waals surface area contributed by atoms with Crippen LogP contribution in [0.25, 0.3) is 0 Å². The normalized spacial score (nSPS) is 28.9. The van der Waals surface area contributed by atoms with Gasteiger partial charge in [-0.15, -0.1) is 0 Å². The molecule has 1 unspecified atom stereocenters. The fourth-order valence-electron chi connectivity index (χ4n) is 4.12. The van der Waals surface area contributed by atoms with Gasteiger partial charge in [-0.3, -0.25) is 4.90 Å². The molecule has 3 heterocycles. The van der Waals surface area contributed by atoms with E-state index in [0.29, 0.717) is 13.2 Å². The van der Waals surface area contributed by atoms with Gasteiger partial charge in [0.05, 0.1) is 6.54 Å². The minimum absolute atomic E-state index is 0.0199. The van der Waals surface area contributed by atoms with Crippen LogP contribution in [0.1, 0.15) is 33.6 Å². The van der Waals surface area contributed by atoms with Crippen LogP contribution in [0.4, 0.5) is 4.79 Å². The number of para-hydroxylation sites is 2. The van der Waals surface area contributed by atoms with Crippen LogP contribution < -0.4 is 9.47 Å². The number of fused-ring (bicyclic) bond motifs is 1. The van der Waals surface area contributed by atoms with Crippen LogP contribution in [0, 0.1) is 5.41 Å². The molecule has 0 bridgehead atoms. The maximum Gasteiger partial charge on any atom is 0.410 e. The third kappa shape index (κ3) is 4.00. The molecule has 1 aromatic carbocycles. The Kier molecular flexibility index (Phi) is 4.93. The molecule has 0 aromatic heterocycles. The maximum atomic E-state index is 12.4. The fourth-order valence-corrected chi connectivity index (χ4v) is 4.12. The Morgan fingerprint density at radius 3 is 2.63 bits per heavy atom. The molecule has 2 saturated heterocycles. The van der Waals surface area contributed by atoms with Crippen LogP contribution in [0.15, 0.2) is 24.3 Å². The minimum atomic E-state index is -0.159. The number of amides is 1. The van der Waals surface area contributed by atoms with Crippen LogP contribution in [0.2, 0.25) is 0 Å². The van der Waals surface area contributed by atoms with Crippen LogP contribution >= 0.6 is 0 Å². The zero-order valence-electron chi connectivity index (χ0n) is 16.5. The van der Waals surface area contributed by atoms with Crippen molar-refractivity contribution >= 4 is 6.09 Å². The van der Waals surface area contributed by atoms with Crippen molar-refractivity contribution in [3.05, 3.63) is 24.3 Å². The number of cyclic esters (lactones) is 1. The number of nitrogens with zero attached hydrogens (tertiary/aromatic N) is 2. The molecular weight excluding hydrogens is 344 g/mol. The molecule has 2 fully saturated rings. The number of benzene rings is 1. The smallest absolute Gasteiger partial charge is 0.410 e. The highest BCUT2D eigenvalue weighted by atomic mass is 16.6. The van der Waals surface area contributed by atoms with Crippen LogP contribution in [-0.2, 0) is 4.74 Å². The van der Waals surface area contributed by atoms with E-state index in [2.05, 4.69) is 25.7 Å². The third-order valence-corrected chi connectivity index (χ3v) is 5.76. The molecule has 6 heteroatoms. The Labute approximate surface area is 161 Å². The highest BCUT2D eigenvalue weighted by Gasteiger charge is 2.42. The molecule has 3 aliphatic rings. The van der Waals surface area contributed by atoms with E-state index in [1.54, 1.807) is 0 Å². The Morgan fingerprint density at radius 1 is 1.11 bits per heavy atom. The predicted octanol–water partition coefficient (Wildman–Crippen LogP) is 3.16. The fraction of sp³-hybridized carbons (Fsp3) is 0.667. The molecule has 0 N–H and O–H groups in total. The van der Waals surface area contributed by atoms with Crippen molar-refractivity contribution < 1.29 is 19.0 Å². The second-order valence-corrected chi connectivity index (χ2v) is 8.94. The number of hydrogen-bond acceptors (Lipinski definition) is 5. The first-order chi connectivity index (χ1) is 12.9. The lowest BCUT2D eigenvalue weighted by Crippen LogP contribution is -2.51. The molecule has 1 amide bonds. The van der Waals surface area contributed by atoms with Gasteiger partial charge in [-0.1, -0.05) is 32.9 Å². The lowest BCUT2D eigenvalue weighted by molar-refractivity contribution is 0.0394. The topological polar surface area (TPSA) is 51.2 Å². The van der Waals surface area contributed by atoms with Crippen LogP contribution in [-0.4, -0.2) is 66.9 Å². The Bertz CT molecular complexity index is 687. The number of hydrogen-bond donors (Lipinski definition) is 0. The molecule has 0 spiro atoms. The van der Waals surface area contributed by atoms with Gasteiger partial charge >= 0.3 is 6.09 Å². The zero-order valence-corrected chi connectivity index (χ0v) is 16.5. The number of carbonyl (C=O) groups excluding carboxylic acids is 1. The van der Waals surface area contributed by atoms with E-state index < -0.39 is 0 Å². The summed E-state index contributed by atoms with van der Waals surface area (Å²) in [6.07, 6.45) is 1.94. The quantitative estimate of drug-likeness (QED) is 0.813. The van der Waals surface area contributed by atoms with E-state index in [9.17, 15) is 4.79 Å². The molecule has 27 heavy (non-hydrogen) atoms. The lowest BCUT2D eigenvalue weighted by Gasteiger charge is -2.38. The summed E-state index contributed by atoms with van der Waals surface area (Å²) in [7, 11) is 0. The first-order valence-electron chi connectivity index (χ1n) is 9.98. The van der Waals surface area contributed by atoms with Crippen LogP contribution in [0.3, 0.4) is 0 Å². The summed E-state index contributed by atoms with van der Waals surface area (Å²) in [6, 6.07) is 8.03. The van der Waals surface area contributed by atoms with Crippen molar-refractivity contribution in [2.75, 3.05) is 32.8 Å². The van der Waals surface area contributed by atoms with Gasteiger partial charge in [-0.2, -0.15) is 0 Å². The van der Waals surface area contributed by atoms with Crippen molar-refractivity contribution in [1.82, 2.24) is 9.80 Å². The summed E-state index contributed by atoms with van der Waals surface area (Å²) < 4.78 is 17.6. The molecule has 0 radical (unpaired) electrons. The maximum absolute atomic E-state index is 12.4. The van der Waals surface area contributed by atoms with Crippen molar-refractivity contribution in [3.63, 3.8) is 0 Å². The first kappa shape index (κ1) is 18.4. The number of likely N-dealkylation sites (tertiary alicyclic amines) is 1. The molecule has 0 saturated carbocycles. The van der Waals surface area contributed by atoms with Gasteiger partial charge < -0.3 is 19.1 Å². The van der Waals surface area contributed by atoms with Crippen LogP contribution in [0.5, 0.6) is 11.5 Å². The number of rotatable bonds is 3. The average molecular weight is 374 g/mol. The molecular formula is C21H30N2O4. The van der Waals surface area contributed by atoms with Crippen molar-refractivity contribution in [2.24, 2.45) is 5.41 Å². The molecule has 148 valence electrons. The molecule has 3 atom stereocenters. The summed E-state index contributed by atoms with van der Waals surface area (Å²) >= 11 is 0. The standard InChI is InChI=1S/C21H30N2O4/c1-21(2,3)19-13-23(20(24)27-19)15-7-6-10-22(11-15)12-16-14-25-17-8-4-5-9-18(17)26-16/h4-5,8-9,15-16,19H,6-7,10-14H2,1-3H3/t15-,16-,19?/m0/s1. The van der Waals surface area contributed by atoms with E-state index >= 15 is 0 Å². The summed E-state index contributed by atoms with van der Waals surface area (Å²) in [5, 5.41) is 0. The van der Waals surface area contributed by atoms with Gasteiger partial charge in [-0.25, -0.2) is 4.79 Å². The Hall–Kier alpha value is -1.95. The van der Waals surface area contributed by atoms with E-state index in [1.165, 1.54) is 0 Å². The summed E-state index contributed by atoms with van der Waals surface area (Å²) in [5.41, 5.74) is -0.0283. The predicted molar refractivity (Wildman–Crippen MR) is 102 cm³/mol. The Balaban J connectivity index is 1.34. The highest BCUT2D eigenvalue weighted by molar-refractivity contribution is 5.70. The molecule has 0 aliphatic carbocycles. The van der Waals surface area contributed by atoms with E-state index in [-0.39, 0.29) is 29.8 Å². The third-order valence-electron chi connectivity index (χ3n) is 5.76. The largest absolute Gasteiger partial charge is 0.486 e. The van der Waals surface area contributed by atoms with Gasteiger partial charge in [0.15, 0.2) is 11.5 Å². The lowest BCUT2D eigenvalue weighted by atomic mass is 9.89. The van der Waals surface area contributed by atoms with Gasteiger partial charge in [0.2, 0.25) is 0 Å². The van der Waals surface area contributed by atoms with E-state index in [0.717, 1.165) is 44.0 Å². The second-order valence-electron chi connectivity index (χ2n) is 8.94. The monoisotopic (exact) mass is 374 g/mol.